The van der Waals surface area contributed by atoms with E-state index in [0.29, 0.717) is 11.2 Å². The predicted molar refractivity (Wildman–Crippen MR) is 105 cm³/mol. The molecule has 0 saturated carbocycles. The van der Waals surface area contributed by atoms with E-state index in [0.717, 1.165) is 10.9 Å². The molecule has 0 atom stereocenters. The van der Waals surface area contributed by atoms with E-state index in [2.05, 4.69) is 9.97 Å². The van der Waals surface area contributed by atoms with Gasteiger partial charge in [-0.1, -0.05) is 30.3 Å². The maximum absolute atomic E-state index is 12.8. The van der Waals surface area contributed by atoms with Crippen LogP contribution in [-0.2, 0) is 17.8 Å². The number of amides is 1. The summed E-state index contributed by atoms with van der Waals surface area (Å²) in [5, 5.41) is 10.9. The molecule has 3 rings (SSSR count). The lowest BCUT2D eigenvalue weighted by Gasteiger charge is -2.27. The molecule has 0 spiro atoms. The molecule has 1 amide bonds. The molecule has 0 unspecified atom stereocenters. The molecule has 28 heavy (non-hydrogen) atoms. The Morgan fingerprint density at radius 1 is 1.11 bits per heavy atom. The Bertz CT molecular complexity index is 991. The summed E-state index contributed by atoms with van der Waals surface area (Å²) in [5.41, 5.74) is 0.431. The zero-order valence-corrected chi connectivity index (χ0v) is 16.1. The molecule has 0 aliphatic heterocycles. The monoisotopic (exact) mass is 381 g/mol. The Kier molecular flexibility index (Phi) is 5.35. The number of rotatable bonds is 5. The van der Waals surface area contributed by atoms with Gasteiger partial charge in [0.25, 0.3) is 0 Å². The van der Waals surface area contributed by atoms with Gasteiger partial charge in [0.05, 0.1) is 18.7 Å². The molecule has 0 saturated heterocycles. The number of carbonyl (C=O) groups excluding carboxylic acids is 1. The van der Waals surface area contributed by atoms with Crippen LogP contribution in [0.25, 0.3) is 10.8 Å². The number of carboxylic acid groups (broad SMARTS) is 1. The Balaban J connectivity index is 1.97. The number of hydrogen-bond donors (Lipinski definition) is 2. The van der Waals surface area contributed by atoms with E-state index in [-0.39, 0.29) is 18.7 Å². The van der Waals surface area contributed by atoms with Crippen molar-refractivity contribution in [3.63, 3.8) is 0 Å². The minimum atomic E-state index is -0.984. The van der Waals surface area contributed by atoms with Crippen LogP contribution in [0.2, 0.25) is 0 Å². The van der Waals surface area contributed by atoms with Gasteiger partial charge in [0.1, 0.15) is 11.4 Å². The number of imidazole rings is 1. The maximum atomic E-state index is 12.8. The third-order valence-electron chi connectivity index (χ3n) is 4.15. The maximum Gasteiger partial charge on any atom is 0.410 e. The van der Waals surface area contributed by atoms with Gasteiger partial charge < -0.3 is 14.8 Å². The summed E-state index contributed by atoms with van der Waals surface area (Å²) in [6, 6.07) is 10.6. The molecule has 7 heteroatoms. The van der Waals surface area contributed by atoms with Crippen LogP contribution in [0.1, 0.15) is 42.5 Å². The first-order valence-corrected chi connectivity index (χ1v) is 8.95. The Morgan fingerprint density at radius 3 is 2.43 bits per heavy atom. The summed E-state index contributed by atoms with van der Waals surface area (Å²) < 4.78 is 5.55. The first kappa shape index (κ1) is 19.4. The largest absolute Gasteiger partial charge is 0.478 e. The number of ether oxygens (including phenoxy) is 1. The van der Waals surface area contributed by atoms with Crippen molar-refractivity contribution in [1.29, 1.82) is 0 Å². The number of H-pyrrole nitrogens is 1. The molecule has 0 aliphatic carbocycles. The van der Waals surface area contributed by atoms with Crippen molar-refractivity contribution in [2.45, 2.75) is 39.5 Å². The number of benzene rings is 2. The molecule has 2 N–H and O–H groups in total. The minimum absolute atomic E-state index is 0.231. The van der Waals surface area contributed by atoms with Crippen LogP contribution in [0.15, 0.2) is 48.8 Å². The highest BCUT2D eigenvalue weighted by molar-refractivity contribution is 6.04. The van der Waals surface area contributed by atoms with Crippen LogP contribution in [0.3, 0.4) is 0 Å². The summed E-state index contributed by atoms with van der Waals surface area (Å²) in [4.78, 5) is 33.0. The lowest BCUT2D eigenvalue weighted by atomic mass is 9.99. The van der Waals surface area contributed by atoms with Crippen LogP contribution >= 0.6 is 0 Å². The normalized spacial score (nSPS) is 11.4. The lowest BCUT2D eigenvalue weighted by Crippen LogP contribution is -2.36. The van der Waals surface area contributed by atoms with E-state index in [1.165, 1.54) is 0 Å². The second-order valence-corrected chi connectivity index (χ2v) is 7.50. The number of aromatic amines is 1. The second kappa shape index (κ2) is 7.72. The fourth-order valence-corrected chi connectivity index (χ4v) is 2.97. The van der Waals surface area contributed by atoms with E-state index in [9.17, 15) is 14.7 Å². The summed E-state index contributed by atoms with van der Waals surface area (Å²) >= 11 is 0. The third kappa shape index (κ3) is 4.49. The Labute approximate surface area is 163 Å². The van der Waals surface area contributed by atoms with E-state index in [4.69, 9.17) is 4.74 Å². The topological polar surface area (TPSA) is 95.5 Å². The van der Waals surface area contributed by atoms with Crippen molar-refractivity contribution in [2.75, 3.05) is 0 Å². The molecule has 3 aromatic rings. The highest BCUT2D eigenvalue weighted by Crippen LogP contribution is 2.25. The molecule has 0 fully saturated rings. The van der Waals surface area contributed by atoms with Gasteiger partial charge in [0.2, 0.25) is 0 Å². The SMILES string of the molecule is CC(C)(C)OC(=O)N(Cc1ncc[nH]1)Cc1ccc(C(=O)O)c2ccccc12. The average molecular weight is 381 g/mol. The molecule has 1 heterocycles. The highest BCUT2D eigenvalue weighted by atomic mass is 16.6. The number of fused-ring (bicyclic) bond motifs is 1. The molecule has 0 bridgehead atoms. The molecule has 0 radical (unpaired) electrons. The summed E-state index contributed by atoms with van der Waals surface area (Å²) in [6.45, 7) is 5.94. The molecular weight excluding hydrogens is 358 g/mol. The van der Waals surface area contributed by atoms with Gasteiger partial charge in [-0.3, -0.25) is 4.90 Å². The number of nitrogens with zero attached hydrogens (tertiary/aromatic N) is 2. The van der Waals surface area contributed by atoms with Gasteiger partial charge in [-0.15, -0.1) is 0 Å². The van der Waals surface area contributed by atoms with Crippen molar-refractivity contribution in [3.8, 4) is 0 Å². The van der Waals surface area contributed by atoms with Crippen LogP contribution in [0.5, 0.6) is 0 Å². The molecule has 0 aliphatic rings. The van der Waals surface area contributed by atoms with Gasteiger partial charge in [-0.2, -0.15) is 0 Å². The minimum Gasteiger partial charge on any atom is -0.478 e. The van der Waals surface area contributed by atoms with Crippen molar-refractivity contribution < 1.29 is 19.4 Å². The number of carboxylic acids is 1. The summed E-state index contributed by atoms with van der Waals surface area (Å²) in [7, 11) is 0. The number of nitrogens with one attached hydrogen (secondary N) is 1. The Morgan fingerprint density at radius 2 is 1.82 bits per heavy atom. The van der Waals surface area contributed by atoms with Crippen molar-refractivity contribution in [2.24, 2.45) is 0 Å². The fraction of sp³-hybridized carbons (Fsp3) is 0.286. The third-order valence-corrected chi connectivity index (χ3v) is 4.15. The second-order valence-electron chi connectivity index (χ2n) is 7.50. The smallest absolute Gasteiger partial charge is 0.410 e. The van der Waals surface area contributed by atoms with Crippen molar-refractivity contribution in [3.05, 3.63) is 65.7 Å². The number of aromatic carboxylic acids is 1. The fourth-order valence-electron chi connectivity index (χ4n) is 2.97. The van der Waals surface area contributed by atoms with E-state index in [1.807, 2.05) is 32.9 Å². The molecule has 7 nitrogen and oxygen atoms in total. The first-order valence-electron chi connectivity index (χ1n) is 8.95. The van der Waals surface area contributed by atoms with Crippen LogP contribution in [0, 0.1) is 0 Å². The quantitative estimate of drug-likeness (QED) is 0.691. The van der Waals surface area contributed by atoms with Crippen LogP contribution in [0.4, 0.5) is 4.79 Å². The van der Waals surface area contributed by atoms with Crippen LogP contribution < -0.4 is 0 Å². The van der Waals surface area contributed by atoms with Gasteiger partial charge in [0.15, 0.2) is 0 Å². The zero-order chi connectivity index (χ0) is 20.3. The Hall–Kier alpha value is -3.35. The first-order chi connectivity index (χ1) is 13.2. The number of hydrogen-bond acceptors (Lipinski definition) is 4. The summed E-state index contributed by atoms with van der Waals surface area (Å²) in [6.07, 6.45) is 2.86. The average Bonchev–Trinajstić information content (AvgIpc) is 3.12. The van der Waals surface area contributed by atoms with Gasteiger partial charge in [-0.05, 0) is 43.2 Å². The summed E-state index contributed by atoms with van der Waals surface area (Å²) in [5.74, 6) is -0.348. The standard InChI is InChI=1S/C21H23N3O4/c1-21(2,3)28-20(27)24(13-18-22-10-11-23-18)12-14-8-9-17(19(25)26)16-7-5-4-6-15(14)16/h4-11H,12-13H2,1-3H3,(H,22,23)(H,25,26). The van der Waals surface area contributed by atoms with E-state index < -0.39 is 17.7 Å². The highest BCUT2D eigenvalue weighted by Gasteiger charge is 2.24. The predicted octanol–water partition coefficient (Wildman–Crippen LogP) is 4.20. The lowest BCUT2D eigenvalue weighted by molar-refractivity contribution is 0.0212. The number of aromatic nitrogens is 2. The van der Waals surface area contributed by atoms with Gasteiger partial charge >= 0.3 is 12.1 Å². The van der Waals surface area contributed by atoms with Gasteiger partial charge in [-0.25, -0.2) is 14.6 Å². The van der Waals surface area contributed by atoms with Gasteiger partial charge in [0, 0.05) is 12.4 Å². The molecule has 146 valence electrons. The van der Waals surface area contributed by atoms with Crippen molar-refractivity contribution in [1.82, 2.24) is 14.9 Å². The molecule has 2 aromatic carbocycles. The zero-order valence-electron chi connectivity index (χ0n) is 16.1. The van der Waals surface area contributed by atoms with Crippen LogP contribution in [-0.4, -0.2) is 37.6 Å². The van der Waals surface area contributed by atoms with E-state index in [1.54, 1.807) is 41.6 Å². The molecular formula is C21H23N3O4. The number of carbonyl (C=O) groups is 2. The van der Waals surface area contributed by atoms with Crippen molar-refractivity contribution >= 4 is 22.8 Å². The molecule has 1 aromatic heterocycles. The van der Waals surface area contributed by atoms with E-state index >= 15 is 0 Å².